The Hall–Kier alpha value is -4.04. The number of rotatable bonds is 6. The molecular formula is C27H25N5O2S. The molecule has 4 heterocycles. The first-order valence-corrected chi connectivity index (χ1v) is 11.7. The van der Waals surface area contributed by atoms with Crippen molar-refractivity contribution in [3.63, 3.8) is 0 Å². The summed E-state index contributed by atoms with van der Waals surface area (Å²) in [6.45, 7) is 4.70. The Balaban J connectivity index is 1.62. The third kappa shape index (κ3) is 4.28. The van der Waals surface area contributed by atoms with Gasteiger partial charge in [0.15, 0.2) is 5.11 Å². The second-order valence-electron chi connectivity index (χ2n) is 8.63. The van der Waals surface area contributed by atoms with Crippen molar-refractivity contribution in [3.8, 4) is 5.69 Å². The molecular weight excluding hydrogens is 458 g/mol. The number of hydrogen-bond acceptors (Lipinski definition) is 4. The van der Waals surface area contributed by atoms with Crippen molar-refractivity contribution in [3.05, 3.63) is 113 Å². The largest absolute Gasteiger partial charge is 0.478 e. The Kier molecular flexibility index (Phi) is 6.05. The number of hydrogen-bond donors (Lipinski definition) is 2. The van der Waals surface area contributed by atoms with Crippen molar-refractivity contribution in [2.24, 2.45) is 0 Å². The van der Waals surface area contributed by atoms with Crippen LogP contribution in [0, 0.1) is 13.8 Å². The van der Waals surface area contributed by atoms with Gasteiger partial charge in [-0.3, -0.25) is 9.97 Å². The average Bonchev–Trinajstić information content (AvgIpc) is 3.35. The van der Waals surface area contributed by atoms with E-state index in [9.17, 15) is 9.90 Å². The quantitative estimate of drug-likeness (QED) is 0.383. The van der Waals surface area contributed by atoms with Crippen LogP contribution in [0.2, 0.25) is 0 Å². The van der Waals surface area contributed by atoms with E-state index in [0.29, 0.717) is 11.7 Å². The van der Waals surface area contributed by atoms with E-state index in [1.165, 1.54) is 0 Å². The van der Waals surface area contributed by atoms with Crippen LogP contribution < -0.4 is 5.32 Å². The third-order valence-corrected chi connectivity index (χ3v) is 6.77. The maximum atomic E-state index is 11.6. The van der Waals surface area contributed by atoms with Gasteiger partial charge in [0.2, 0.25) is 0 Å². The second kappa shape index (κ2) is 9.31. The maximum absolute atomic E-state index is 11.6. The molecule has 3 aromatic heterocycles. The molecule has 8 heteroatoms. The van der Waals surface area contributed by atoms with E-state index < -0.39 is 5.97 Å². The highest BCUT2D eigenvalue weighted by Gasteiger charge is 2.41. The molecule has 0 spiro atoms. The van der Waals surface area contributed by atoms with Gasteiger partial charge >= 0.3 is 5.97 Å². The van der Waals surface area contributed by atoms with E-state index in [-0.39, 0.29) is 17.6 Å². The Morgan fingerprint density at radius 1 is 1.09 bits per heavy atom. The third-order valence-electron chi connectivity index (χ3n) is 6.41. The molecule has 35 heavy (non-hydrogen) atoms. The van der Waals surface area contributed by atoms with Crippen LogP contribution in [0.1, 0.15) is 50.7 Å². The van der Waals surface area contributed by atoms with E-state index in [1.54, 1.807) is 30.6 Å². The molecule has 1 fully saturated rings. The topological polar surface area (TPSA) is 83.3 Å². The van der Waals surface area contributed by atoms with Crippen LogP contribution in [0.5, 0.6) is 0 Å². The number of carboxylic acids is 1. The molecule has 0 radical (unpaired) electrons. The van der Waals surface area contributed by atoms with Gasteiger partial charge in [-0.25, -0.2) is 4.79 Å². The Bertz CT molecular complexity index is 1390. The molecule has 1 aromatic carbocycles. The van der Waals surface area contributed by atoms with E-state index in [2.05, 4.69) is 37.7 Å². The van der Waals surface area contributed by atoms with Crippen LogP contribution in [-0.4, -0.2) is 35.6 Å². The lowest BCUT2D eigenvalue weighted by molar-refractivity contribution is 0.0697. The minimum absolute atomic E-state index is 0.111. The molecule has 2 N–H and O–H groups in total. The highest BCUT2D eigenvalue weighted by molar-refractivity contribution is 7.80. The number of thiocarbonyl (C=S) groups is 1. The number of aromatic carboxylic acids is 1. The van der Waals surface area contributed by atoms with Crippen LogP contribution in [0.4, 0.5) is 0 Å². The molecule has 1 aliphatic rings. The molecule has 4 aromatic rings. The van der Waals surface area contributed by atoms with Gasteiger partial charge in [0.1, 0.15) is 0 Å². The number of pyridine rings is 2. The van der Waals surface area contributed by atoms with Crippen LogP contribution in [0.3, 0.4) is 0 Å². The zero-order chi connectivity index (χ0) is 24.5. The summed E-state index contributed by atoms with van der Waals surface area (Å²) in [5.41, 5.74) is 6.18. The van der Waals surface area contributed by atoms with Crippen molar-refractivity contribution >= 4 is 23.3 Å². The van der Waals surface area contributed by atoms with Crippen LogP contribution in [0.25, 0.3) is 5.69 Å². The monoisotopic (exact) mass is 483 g/mol. The highest BCUT2D eigenvalue weighted by atomic mass is 32.1. The van der Waals surface area contributed by atoms with Gasteiger partial charge in [0, 0.05) is 42.2 Å². The number of benzene rings is 1. The van der Waals surface area contributed by atoms with Gasteiger partial charge in [0.05, 0.1) is 23.3 Å². The lowest BCUT2D eigenvalue weighted by atomic mass is 9.96. The molecule has 5 rings (SSSR count). The van der Waals surface area contributed by atoms with Gasteiger partial charge in [-0.1, -0.05) is 18.2 Å². The van der Waals surface area contributed by atoms with Crippen molar-refractivity contribution < 1.29 is 9.90 Å². The summed E-state index contributed by atoms with van der Waals surface area (Å²) in [6, 6.07) is 18.8. The van der Waals surface area contributed by atoms with E-state index in [1.807, 2.05) is 49.5 Å². The molecule has 176 valence electrons. The first kappa shape index (κ1) is 22.7. The lowest BCUT2D eigenvalue weighted by Crippen LogP contribution is -2.29. The molecule has 2 atom stereocenters. The summed E-state index contributed by atoms with van der Waals surface area (Å²) in [6.07, 6.45) is 5.41. The predicted octanol–water partition coefficient (Wildman–Crippen LogP) is 4.76. The molecule has 7 nitrogen and oxygen atoms in total. The second-order valence-corrected chi connectivity index (χ2v) is 9.02. The fourth-order valence-electron chi connectivity index (χ4n) is 4.87. The predicted molar refractivity (Wildman–Crippen MR) is 137 cm³/mol. The number of aryl methyl sites for hydroxylation is 1. The smallest absolute Gasteiger partial charge is 0.335 e. The zero-order valence-corrected chi connectivity index (χ0v) is 20.2. The van der Waals surface area contributed by atoms with Crippen molar-refractivity contribution in [1.82, 2.24) is 24.8 Å². The van der Waals surface area contributed by atoms with Gasteiger partial charge in [-0.15, -0.1) is 0 Å². The Labute approximate surface area is 209 Å². The first-order valence-electron chi connectivity index (χ1n) is 11.3. The number of aromatic nitrogens is 3. The normalized spacial score (nSPS) is 17.4. The van der Waals surface area contributed by atoms with E-state index in [4.69, 9.17) is 12.2 Å². The van der Waals surface area contributed by atoms with E-state index in [0.717, 1.165) is 33.9 Å². The average molecular weight is 484 g/mol. The molecule has 0 bridgehead atoms. The Morgan fingerprint density at radius 3 is 2.66 bits per heavy atom. The summed E-state index contributed by atoms with van der Waals surface area (Å²) in [5, 5.41) is 13.6. The summed E-state index contributed by atoms with van der Waals surface area (Å²) < 4.78 is 2.10. The SMILES string of the molecule is Cc1cc([C@H]2[C@@H](c3ccccn3)NC(=S)N2Cc2cccnc2)c(C)n1-c1cccc(C(=O)O)c1. The van der Waals surface area contributed by atoms with Gasteiger partial charge in [-0.2, -0.15) is 0 Å². The first-order chi connectivity index (χ1) is 16.9. The maximum Gasteiger partial charge on any atom is 0.335 e. The van der Waals surface area contributed by atoms with Crippen molar-refractivity contribution in [2.45, 2.75) is 32.5 Å². The molecule has 0 unspecified atom stereocenters. The molecule has 0 saturated carbocycles. The summed E-state index contributed by atoms with van der Waals surface area (Å²) in [5.74, 6) is -0.947. The zero-order valence-electron chi connectivity index (χ0n) is 19.4. The minimum Gasteiger partial charge on any atom is -0.478 e. The van der Waals surface area contributed by atoms with E-state index >= 15 is 0 Å². The summed E-state index contributed by atoms with van der Waals surface area (Å²) in [7, 11) is 0. The highest BCUT2D eigenvalue weighted by Crippen LogP contribution is 2.42. The number of carbonyl (C=O) groups is 1. The lowest BCUT2D eigenvalue weighted by Gasteiger charge is -2.28. The number of nitrogens with zero attached hydrogens (tertiary/aromatic N) is 4. The molecule has 0 amide bonds. The minimum atomic E-state index is -0.947. The number of nitrogens with one attached hydrogen (secondary N) is 1. The van der Waals surface area contributed by atoms with Gasteiger partial charge in [-0.05, 0) is 79.7 Å². The molecule has 0 aliphatic carbocycles. The number of carboxylic acid groups (broad SMARTS) is 1. The standard InChI is InChI=1S/C27H25N5O2S/c1-17-13-22(18(2)32(17)21-9-5-8-20(14-21)26(33)34)25-24(23-10-3-4-12-29-23)30-27(35)31(25)16-19-7-6-11-28-15-19/h3-15,24-25H,16H2,1-2H3,(H,30,35)(H,33,34)/t24-,25+/m1/s1. The summed E-state index contributed by atoms with van der Waals surface area (Å²) >= 11 is 5.81. The Morgan fingerprint density at radius 2 is 1.94 bits per heavy atom. The molecule has 1 aliphatic heterocycles. The molecule has 1 saturated heterocycles. The fraction of sp³-hybridized carbons (Fsp3) is 0.185. The van der Waals surface area contributed by atoms with Crippen LogP contribution >= 0.6 is 12.2 Å². The van der Waals surface area contributed by atoms with Crippen molar-refractivity contribution in [2.75, 3.05) is 0 Å². The van der Waals surface area contributed by atoms with Crippen molar-refractivity contribution in [1.29, 1.82) is 0 Å². The fourth-order valence-corrected chi connectivity index (χ4v) is 5.17. The van der Waals surface area contributed by atoms with Gasteiger partial charge in [0.25, 0.3) is 0 Å². The van der Waals surface area contributed by atoms with Crippen LogP contribution in [0.15, 0.2) is 79.3 Å². The summed E-state index contributed by atoms with van der Waals surface area (Å²) in [4.78, 5) is 22.7. The van der Waals surface area contributed by atoms with Crippen LogP contribution in [-0.2, 0) is 6.54 Å². The van der Waals surface area contributed by atoms with Gasteiger partial charge < -0.3 is 19.9 Å².